The number of rotatable bonds is 4. The van der Waals surface area contributed by atoms with E-state index >= 15 is 0 Å². The molecule has 12 nitrogen and oxygen atoms in total. The van der Waals surface area contributed by atoms with Crippen molar-refractivity contribution < 1.29 is 14.6 Å². The highest BCUT2D eigenvalue weighted by Gasteiger charge is 2.35. The zero-order valence-electron chi connectivity index (χ0n) is 21.1. The van der Waals surface area contributed by atoms with Crippen molar-refractivity contribution in [3.63, 3.8) is 0 Å². The van der Waals surface area contributed by atoms with Crippen LogP contribution in [0.3, 0.4) is 0 Å². The van der Waals surface area contributed by atoms with Crippen molar-refractivity contribution in [3.05, 3.63) is 45.7 Å². The Morgan fingerprint density at radius 1 is 1.22 bits per heavy atom. The van der Waals surface area contributed by atoms with Crippen LogP contribution in [0.1, 0.15) is 53.9 Å². The van der Waals surface area contributed by atoms with Crippen LogP contribution in [0.15, 0.2) is 17.2 Å². The summed E-state index contributed by atoms with van der Waals surface area (Å²) in [7, 11) is 0. The molecule has 0 aromatic carbocycles. The Bertz CT molecular complexity index is 1480. The van der Waals surface area contributed by atoms with Crippen molar-refractivity contribution in [2.45, 2.75) is 52.1 Å². The third-order valence-corrected chi connectivity index (χ3v) is 7.61. The molecule has 0 saturated carbocycles. The summed E-state index contributed by atoms with van der Waals surface area (Å²) in [4.78, 5) is 43.7. The number of ether oxygens (including phenoxy) is 1. The lowest BCUT2D eigenvalue weighted by atomic mass is 10.1. The van der Waals surface area contributed by atoms with Gasteiger partial charge in [0.1, 0.15) is 12.0 Å². The molecule has 3 aliphatic heterocycles. The number of hydrogen-bond acceptors (Lipinski definition) is 9. The van der Waals surface area contributed by atoms with Gasteiger partial charge in [0.05, 0.1) is 24.6 Å². The standard InChI is InChI=1S/C25H30N8O4/c1-3-17-13-30(23(35)19-21(34)15(2)26-14-27-19)9-10-31(17)20-18-5-4-8-32(18)25-28-22(29-33(25)24(20)36)16-6-11-37-12-7-16/h6,14,17,34H,3-5,7-13H2,1-2H3. The van der Waals surface area contributed by atoms with Crippen LogP contribution in [0, 0.1) is 6.92 Å². The number of hydrogen-bond donors (Lipinski definition) is 1. The van der Waals surface area contributed by atoms with Gasteiger partial charge >= 0.3 is 0 Å². The zero-order chi connectivity index (χ0) is 25.7. The Kier molecular flexibility index (Phi) is 5.90. The fraction of sp³-hybridized carbons (Fsp3) is 0.520. The van der Waals surface area contributed by atoms with E-state index in [1.54, 1.807) is 11.8 Å². The maximum atomic E-state index is 13.9. The van der Waals surface area contributed by atoms with Crippen molar-refractivity contribution in [3.8, 4) is 5.75 Å². The maximum Gasteiger partial charge on any atom is 0.299 e. The summed E-state index contributed by atoms with van der Waals surface area (Å²) in [6.07, 6.45) is 6.47. The predicted octanol–water partition coefficient (Wildman–Crippen LogP) is 1.19. The van der Waals surface area contributed by atoms with Crippen LogP contribution in [0.2, 0.25) is 0 Å². The number of piperazine rings is 1. The normalized spacial score (nSPS) is 19.8. The predicted molar refractivity (Wildman–Crippen MR) is 135 cm³/mol. The lowest BCUT2D eigenvalue weighted by Gasteiger charge is -2.42. The second kappa shape index (κ2) is 9.25. The zero-order valence-corrected chi connectivity index (χ0v) is 21.1. The quantitative estimate of drug-likeness (QED) is 0.554. The van der Waals surface area contributed by atoms with Gasteiger partial charge in [0.25, 0.3) is 11.5 Å². The average Bonchev–Trinajstić information content (AvgIpc) is 3.58. The molecule has 3 aliphatic rings. The lowest BCUT2D eigenvalue weighted by molar-refractivity contribution is 0.0710. The SMILES string of the molecule is CCC1CN(C(=O)c2ncnc(C)c2O)CCN1c1c2n(c3nc(C4=CCOCC4)nn3c1=O)CCC2. The van der Waals surface area contributed by atoms with E-state index in [0.717, 1.165) is 43.5 Å². The van der Waals surface area contributed by atoms with Gasteiger partial charge in [-0.25, -0.2) is 9.97 Å². The van der Waals surface area contributed by atoms with Gasteiger partial charge in [-0.1, -0.05) is 13.0 Å². The number of aryl methyl sites for hydroxylation is 2. The first-order chi connectivity index (χ1) is 18.0. The topological polar surface area (TPSA) is 131 Å². The van der Waals surface area contributed by atoms with Crippen LogP contribution in [-0.4, -0.2) is 83.9 Å². The molecule has 0 radical (unpaired) electrons. The number of nitrogens with zero attached hydrogens (tertiary/aromatic N) is 8. The van der Waals surface area contributed by atoms with Crippen LogP contribution < -0.4 is 10.5 Å². The van der Waals surface area contributed by atoms with Gasteiger partial charge in [-0.15, -0.1) is 5.10 Å². The average molecular weight is 507 g/mol. The first kappa shape index (κ1) is 23.6. The second-order valence-corrected chi connectivity index (χ2v) is 9.72. The van der Waals surface area contributed by atoms with Crippen LogP contribution in [-0.2, 0) is 17.7 Å². The van der Waals surface area contributed by atoms with Gasteiger partial charge in [0, 0.05) is 32.2 Å². The van der Waals surface area contributed by atoms with E-state index in [4.69, 9.17) is 9.72 Å². The highest BCUT2D eigenvalue weighted by atomic mass is 16.5. The molecule has 1 atom stereocenters. The Labute approximate surface area is 213 Å². The lowest BCUT2D eigenvalue weighted by Crippen LogP contribution is -2.56. The molecular formula is C25H30N8O4. The molecule has 1 N–H and O–H groups in total. The van der Waals surface area contributed by atoms with E-state index in [0.29, 0.717) is 55.8 Å². The second-order valence-electron chi connectivity index (χ2n) is 9.72. The van der Waals surface area contributed by atoms with Gasteiger partial charge in [-0.05, 0) is 38.2 Å². The third kappa shape index (κ3) is 3.86. The Morgan fingerprint density at radius 3 is 2.86 bits per heavy atom. The number of fused-ring (bicyclic) bond motifs is 3. The molecule has 1 saturated heterocycles. The molecule has 37 heavy (non-hydrogen) atoms. The Balaban J connectivity index is 1.36. The maximum absolute atomic E-state index is 13.9. The van der Waals surface area contributed by atoms with Crippen molar-refractivity contribution in [2.24, 2.45) is 0 Å². The largest absolute Gasteiger partial charge is 0.504 e. The molecule has 0 bridgehead atoms. The molecule has 3 aromatic heterocycles. The minimum Gasteiger partial charge on any atom is -0.504 e. The van der Waals surface area contributed by atoms with Crippen molar-refractivity contribution in [2.75, 3.05) is 37.7 Å². The van der Waals surface area contributed by atoms with Gasteiger partial charge in [0.2, 0.25) is 5.78 Å². The summed E-state index contributed by atoms with van der Waals surface area (Å²) in [5.74, 6) is 0.650. The first-order valence-electron chi connectivity index (χ1n) is 12.8. The fourth-order valence-electron chi connectivity index (χ4n) is 5.59. The summed E-state index contributed by atoms with van der Waals surface area (Å²) < 4.78 is 8.99. The number of anilines is 1. The van der Waals surface area contributed by atoms with Crippen molar-refractivity contribution in [1.82, 2.24) is 34.0 Å². The van der Waals surface area contributed by atoms with Crippen LogP contribution in [0.5, 0.6) is 5.75 Å². The van der Waals surface area contributed by atoms with Crippen molar-refractivity contribution in [1.29, 1.82) is 0 Å². The van der Waals surface area contributed by atoms with E-state index in [1.165, 1.54) is 10.8 Å². The summed E-state index contributed by atoms with van der Waals surface area (Å²) in [5, 5.41) is 15.0. The molecule has 1 unspecified atom stereocenters. The highest BCUT2D eigenvalue weighted by molar-refractivity contribution is 5.95. The fourth-order valence-corrected chi connectivity index (χ4v) is 5.59. The van der Waals surface area contributed by atoms with E-state index in [1.807, 2.05) is 6.08 Å². The number of aromatic nitrogens is 6. The monoisotopic (exact) mass is 506 g/mol. The van der Waals surface area contributed by atoms with E-state index in [-0.39, 0.29) is 29.0 Å². The molecule has 194 valence electrons. The Morgan fingerprint density at radius 2 is 2.08 bits per heavy atom. The molecule has 0 spiro atoms. The minimum atomic E-state index is -0.329. The van der Waals surface area contributed by atoms with E-state index in [2.05, 4.69) is 31.5 Å². The van der Waals surface area contributed by atoms with Crippen molar-refractivity contribution >= 4 is 22.9 Å². The molecule has 12 heteroatoms. The molecule has 6 heterocycles. The van der Waals surface area contributed by atoms with Crippen LogP contribution in [0.25, 0.3) is 11.4 Å². The number of carbonyl (C=O) groups excluding carboxylic acids is 1. The first-order valence-corrected chi connectivity index (χ1v) is 12.8. The smallest absolute Gasteiger partial charge is 0.299 e. The summed E-state index contributed by atoms with van der Waals surface area (Å²) in [6.45, 7) is 6.95. The Hall–Kier alpha value is -3.80. The minimum absolute atomic E-state index is 0.00995. The van der Waals surface area contributed by atoms with Gasteiger partial charge < -0.3 is 24.2 Å². The molecule has 6 rings (SSSR count). The molecule has 3 aromatic rings. The van der Waals surface area contributed by atoms with Crippen LogP contribution >= 0.6 is 0 Å². The summed E-state index contributed by atoms with van der Waals surface area (Å²) in [5.41, 5.74) is 2.85. The van der Waals surface area contributed by atoms with Gasteiger partial charge in [-0.2, -0.15) is 9.50 Å². The third-order valence-electron chi connectivity index (χ3n) is 7.61. The molecule has 0 aliphatic carbocycles. The number of carbonyl (C=O) groups is 1. The van der Waals surface area contributed by atoms with E-state index in [9.17, 15) is 14.7 Å². The molecule has 1 fully saturated rings. The highest BCUT2D eigenvalue weighted by Crippen LogP contribution is 2.30. The molecule has 1 amide bonds. The number of amides is 1. The van der Waals surface area contributed by atoms with E-state index < -0.39 is 0 Å². The number of aromatic hydroxyl groups is 1. The van der Waals surface area contributed by atoms with Gasteiger partial charge in [-0.3, -0.25) is 9.59 Å². The summed E-state index contributed by atoms with van der Waals surface area (Å²) in [6, 6.07) is -0.0700. The summed E-state index contributed by atoms with van der Waals surface area (Å²) >= 11 is 0. The molecular weight excluding hydrogens is 476 g/mol. The van der Waals surface area contributed by atoms with Crippen LogP contribution in [0.4, 0.5) is 5.69 Å². The van der Waals surface area contributed by atoms with Gasteiger partial charge in [0.15, 0.2) is 17.3 Å².